The number of pyridine rings is 1. The number of piperidine rings is 1. The summed E-state index contributed by atoms with van der Waals surface area (Å²) >= 11 is 0. The monoisotopic (exact) mass is 322 g/mol. The van der Waals surface area contributed by atoms with E-state index >= 15 is 0 Å². The number of nitrogens with zero attached hydrogens (tertiary/aromatic N) is 3. The van der Waals surface area contributed by atoms with Crippen molar-refractivity contribution in [1.29, 1.82) is 0 Å². The van der Waals surface area contributed by atoms with Gasteiger partial charge in [0.05, 0.1) is 0 Å². The smallest absolute Gasteiger partial charge is 0.298 e. The zero-order valence-electron chi connectivity index (χ0n) is 13.9. The van der Waals surface area contributed by atoms with Gasteiger partial charge in [-0.15, -0.1) is 0 Å². The number of oxazole rings is 1. The maximum absolute atomic E-state index is 5.95. The van der Waals surface area contributed by atoms with Crippen LogP contribution in [0.25, 0.3) is 11.1 Å². The molecule has 0 aliphatic carbocycles. The van der Waals surface area contributed by atoms with Crippen LogP contribution in [0.2, 0.25) is 0 Å². The zero-order chi connectivity index (χ0) is 16.5. The third-order valence-electron chi connectivity index (χ3n) is 4.87. The lowest BCUT2D eigenvalue weighted by Gasteiger charge is -2.30. The number of aromatic nitrogens is 2. The average molecular weight is 322 g/mol. The van der Waals surface area contributed by atoms with Crippen molar-refractivity contribution in [2.24, 2.45) is 5.92 Å². The maximum Gasteiger partial charge on any atom is 0.298 e. The fraction of sp³-hybridized carbons (Fsp3) is 0.368. The molecule has 4 rings (SSSR count). The van der Waals surface area contributed by atoms with Gasteiger partial charge in [-0.1, -0.05) is 18.2 Å². The molecular weight excluding hydrogens is 300 g/mol. The van der Waals surface area contributed by atoms with Crippen LogP contribution in [0.4, 0.5) is 11.8 Å². The number of hydrogen-bond donors (Lipinski definition) is 1. The van der Waals surface area contributed by atoms with Gasteiger partial charge in [0.2, 0.25) is 0 Å². The van der Waals surface area contributed by atoms with Gasteiger partial charge in [-0.25, -0.2) is 4.98 Å². The van der Waals surface area contributed by atoms with E-state index in [-0.39, 0.29) is 0 Å². The van der Waals surface area contributed by atoms with Crippen LogP contribution in [0, 0.1) is 12.8 Å². The van der Waals surface area contributed by atoms with E-state index in [0.29, 0.717) is 11.7 Å². The van der Waals surface area contributed by atoms with Crippen molar-refractivity contribution in [2.75, 3.05) is 23.7 Å². The number of fused-ring (bicyclic) bond motifs is 1. The second-order valence-corrected chi connectivity index (χ2v) is 6.64. The molecule has 0 bridgehead atoms. The van der Waals surface area contributed by atoms with E-state index in [1.807, 2.05) is 24.4 Å². The fourth-order valence-electron chi connectivity index (χ4n) is 3.43. The third-order valence-corrected chi connectivity index (χ3v) is 4.87. The molecule has 1 aromatic carbocycles. The highest BCUT2D eigenvalue weighted by Gasteiger charge is 2.23. The predicted octanol–water partition coefficient (Wildman–Crippen LogP) is 3.57. The Balaban J connectivity index is 1.41. The lowest BCUT2D eigenvalue weighted by Crippen LogP contribution is -2.34. The summed E-state index contributed by atoms with van der Waals surface area (Å²) < 4.78 is 5.95. The molecule has 124 valence electrons. The quantitative estimate of drug-likeness (QED) is 0.798. The molecule has 24 heavy (non-hydrogen) atoms. The van der Waals surface area contributed by atoms with Gasteiger partial charge >= 0.3 is 0 Å². The summed E-state index contributed by atoms with van der Waals surface area (Å²) in [7, 11) is 0. The van der Waals surface area contributed by atoms with Crippen molar-refractivity contribution in [3.63, 3.8) is 0 Å². The van der Waals surface area contributed by atoms with E-state index in [0.717, 1.165) is 55.0 Å². The third kappa shape index (κ3) is 2.94. The minimum Gasteiger partial charge on any atom is -0.423 e. The number of anilines is 2. The van der Waals surface area contributed by atoms with Gasteiger partial charge in [0.1, 0.15) is 11.3 Å². The van der Waals surface area contributed by atoms with E-state index < -0.39 is 0 Å². The molecule has 0 atom stereocenters. The van der Waals surface area contributed by atoms with Crippen LogP contribution in [0.15, 0.2) is 40.9 Å². The summed E-state index contributed by atoms with van der Waals surface area (Å²) in [6.45, 7) is 4.04. The van der Waals surface area contributed by atoms with Crippen LogP contribution < -0.4 is 10.6 Å². The summed E-state index contributed by atoms with van der Waals surface area (Å²) in [5.74, 6) is 1.26. The Kier molecular flexibility index (Phi) is 3.84. The molecule has 0 spiro atoms. The zero-order valence-corrected chi connectivity index (χ0v) is 13.9. The van der Waals surface area contributed by atoms with Crippen LogP contribution >= 0.6 is 0 Å². The molecular formula is C19H22N4O. The van der Waals surface area contributed by atoms with Gasteiger partial charge in [-0.3, -0.25) is 0 Å². The summed E-state index contributed by atoms with van der Waals surface area (Å²) in [5, 5.41) is 0. The molecule has 1 saturated heterocycles. The summed E-state index contributed by atoms with van der Waals surface area (Å²) in [5.41, 5.74) is 9.92. The highest BCUT2D eigenvalue weighted by Crippen LogP contribution is 2.28. The maximum atomic E-state index is 5.95. The number of nitrogen functional groups attached to an aromatic ring is 1. The molecule has 0 saturated carbocycles. The number of nitrogens with two attached hydrogens (primary N) is 1. The molecule has 0 amide bonds. The van der Waals surface area contributed by atoms with Gasteiger partial charge < -0.3 is 15.1 Å². The number of rotatable bonds is 3. The normalized spacial score (nSPS) is 16.0. The van der Waals surface area contributed by atoms with Crippen LogP contribution in [-0.4, -0.2) is 23.1 Å². The first-order valence-corrected chi connectivity index (χ1v) is 8.50. The highest BCUT2D eigenvalue weighted by molar-refractivity contribution is 5.78. The number of para-hydroxylation sites is 1. The van der Waals surface area contributed by atoms with Crippen LogP contribution in [0.1, 0.15) is 24.0 Å². The van der Waals surface area contributed by atoms with Gasteiger partial charge in [0.25, 0.3) is 6.01 Å². The van der Waals surface area contributed by atoms with E-state index in [1.165, 1.54) is 5.56 Å². The topological polar surface area (TPSA) is 68.2 Å². The Hall–Kier alpha value is -2.56. The summed E-state index contributed by atoms with van der Waals surface area (Å²) in [4.78, 5) is 11.1. The first-order chi connectivity index (χ1) is 11.7. The van der Waals surface area contributed by atoms with Gasteiger partial charge in [0.15, 0.2) is 5.58 Å². The second kappa shape index (κ2) is 6.15. The Morgan fingerprint density at radius 2 is 2.04 bits per heavy atom. The molecule has 2 N–H and O–H groups in total. The molecule has 5 nitrogen and oxygen atoms in total. The van der Waals surface area contributed by atoms with Crippen molar-refractivity contribution in [2.45, 2.75) is 26.2 Å². The minimum atomic E-state index is 0.583. The number of aryl methyl sites for hydroxylation is 1. The van der Waals surface area contributed by atoms with Gasteiger partial charge in [-0.2, -0.15) is 4.98 Å². The van der Waals surface area contributed by atoms with Crippen LogP contribution in [-0.2, 0) is 6.42 Å². The Morgan fingerprint density at radius 1 is 1.21 bits per heavy atom. The largest absolute Gasteiger partial charge is 0.423 e. The van der Waals surface area contributed by atoms with Gasteiger partial charge in [-0.05, 0) is 55.4 Å². The fourth-order valence-corrected chi connectivity index (χ4v) is 3.43. The first-order valence-electron chi connectivity index (χ1n) is 8.50. The number of hydrogen-bond acceptors (Lipinski definition) is 5. The molecule has 1 aliphatic heterocycles. The van der Waals surface area contributed by atoms with Gasteiger partial charge in [0, 0.05) is 19.3 Å². The van der Waals surface area contributed by atoms with E-state index in [4.69, 9.17) is 15.1 Å². The molecule has 0 unspecified atom stereocenters. The standard InChI is InChI=1S/C19H22N4O/c1-13-3-2-4-16-18(13)22-19(24-16)23-9-7-14(8-10-23)11-15-5-6-17(20)21-12-15/h2-6,12,14H,7-11H2,1H3,(H2,20,21). The Labute approximate surface area is 141 Å². The van der Waals surface area contributed by atoms with E-state index in [2.05, 4.69) is 28.9 Å². The average Bonchev–Trinajstić information content (AvgIpc) is 3.03. The molecule has 3 heterocycles. The first kappa shape index (κ1) is 15.0. The second-order valence-electron chi connectivity index (χ2n) is 6.64. The molecule has 3 aromatic rings. The van der Waals surface area contributed by atoms with Crippen molar-refractivity contribution in [3.05, 3.63) is 47.7 Å². The summed E-state index contributed by atoms with van der Waals surface area (Å²) in [6.07, 6.45) is 5.24. The van der Waals surface area contributed by atoms with Crippen LogP contribution in [0.3, 0.4) is 0 Å². The lowest BCUT2D eigenvalue weighted by atomic mass is 9.91. The van der Waals surface area contributed by atoms with Crippen molar-refractivity contribution in [1.82, 2.24) is 9.97 Å². The van der Waals surface area contributed by atoms with E-state index in [9.17, 15) is 0 Å². The van der Waals surface area contributed by atoms with Crippen LogP contribution in [0.5, 0.6) is 0 Å². The molecule has 0 radical (unpaired) electrons. The molecule has 1 fully saturated rings. The Morgan fingerprint density at radius 3 is 2.75 bits per heavy atom. The SMILES string of the molecule is Cc1cccc2oc(N3CCC(Cc4ccc(N)nc4)CC3)nc12. The predicted molar refractivity (Wildman–Crippen MR) is 96.0 cm³/mol. The molecule has 5 heteroatoms. The lowest BCUT2D eigenvalue weighted by molar-refractivity contribution is 0.388. The van der Waals surface area contributed by atoms with E-state index in [1.54, 1.807) is 0 Å². The summed E-state index contributed by atoms with van der Waals surface area (Å²) in [6, 6.07) is 10.8. The minimum absolute atomic E-state index is 0.583. The number of benzene rings is 1. The molecule has 2 aromatic heterocycles. The molecule has 1 aliphatic rings. The highest BCUT2D eigenvalue weighted by atomic mass is 16.4. The van der Waals surface area contributed by atoms with Crippen molar-refractivity contribution >= 4 is 22.9 Å². The van der Waals surface area contributed by atoms with Crippen molar-refractivity contribution < 1.29 is 4.42 Å². The van der Waals surface area contributed by atoms with Crippen molar-refractivity contribution in [3.8, 4) is 0 Å². The Bertz CT molecular complexity index is 832.